The average molecular weight is 249 g/mol. The van der Waals surface area contributed by atoms with Gasteiger partial charge in [-0.25, -0.2) is 0 Å². The fraction of sp³-hybridized carbons (Fsp3) is 0.417. The molecule has 1 aliphatic heterocycles. The molecule has 1 aromatic rings. The van der Waals surface area contributed by atoms with Crippen LogP contribution in [0.15, 0.2) is 24.5 Å². The summed E-state index contributed by atoms with van der Waals surface area (Å²) in [6.45, 7) is 2.30. The van der Waals surface area contributed by atoms with Crippen molar-refractivity contribution in [2.45, 2.75) is 0 Å². The molecule has 1 aromatic heterocycles. The van der Waals surface area contributed by atoms with E-state index in [0.29, 0.717) is 31.9 Å². The van der Waals surface area contributed by atoms with Crippen molar-refractivity contribution in [1.82, 2.24) is 14.8 Å². The molecule has 1 saturated heterocycles. The first-order chi connectivity index (χ1) is 8.79. The minimum Gasteiger partial charge on any atom is -0.482 e. The minimum absolute atomic E-state index is 0.00673. The topological polar surface area (TPSA) is 62.7 Å². The van der Waals surface area contributed by atoms with E-state index in [4.69, 9.17) is 4.74 Å². The summed E-state index contributed by atoms with van der Waals surface area (Å²) in [7, 11) is 0. The van der Waals surface area contributed by atoms with Crippen LogP contribution in [0.3, 0.4) is 0 Å². The van der Waals surface area contributed by atoms with Crippen LogP contribution in [0, 0.1) is 0 Å². The normalized spacial score (nSPS) is 15.3. The van der Waals surface area contributed by atoms with Gasteiger partial charge in [-0.15, -0.1) is 0 Å². The number of nitrogens with zero attached hydrogens (tertiary/aromatic N) is 3. The van der Waals surface area contributed by atoms with Crippen LogP contribution in [0.5, 0.6) is 5.75 Å². The Labute approximate surface area is 105 Å². The number of carbonyl (C=O) groups excluding carboxylic acids is 2. The molecule has 18 heavy (non-hydrogen) atoms. The predicted octanol–water partition coefficient (Wildman–Crippen LogP) is -0.239. The van der Waals surface area contributed by atoms with Gasteiger partial charge in [-0.05, 0) is 12.1 Å². The van der Waals surface area contributed by atoms with E-state index in [1.54, 1.807) is 34.3 Å². The summed E-state index contributed by atoms with van der Waals surface area (Å²) >= 11 is 0. The van der Waals surface area contributed by atoms with Gasteiger partial charge in [-0.2, -0.15) is 0 Å². The molecule has 6 heteroatoms. The second-order valence-electron chi connectivity index (χ2n) is 4.00. The molecule has 96 valence electrons. The van der Waals surface area contributed by atoms with Gasteiger partial charge in [-0.3, -0.25) is 14.6 Å². The zero-order valence-corrected chi connectivity index (χ0v) is 9.99. The molecule has 0 aliphatic carbocycles. The van der Waals surface area contributed by atoms with Crippen molar-refractivity contribution in [3.63, 3.8) is 0 Å². The Balaban J connectivity index is 1.77. The summed E-state index contributed by atoms with van der Waals surface area (Å²) in [6.07, 6.45) is 4.03. The number of aromatic nitrogens is 1. The quantitative estimate of drug-likeness (QED) is 0.691. The van der Waals surface area contributed by atoms with Crippen LogP contribution in [0.4, 0.5) is 0 Å². The zero-order chi connectivity index (χ0) is 12.8. The summed E-state index contributed by atoms with van der Waals surface area (Å²) in [6, 6.07) is 3.51. The second-order valence-corrected chi connectivity index (χ2v) is 4.00. The SMILES string of the molecule is O=CN1CCN(C(=O)COc2cccnc2)CC1. The van der Waals surface area contributed by atoms with E-state index in [-0.39, 0.29) is 12.5 Å². The smallest absolute Gasteiger partial charge is 0.260 e. The van der Waals surface area contributed by atoms with Gasteiger partial charge >= 0.3 is 0 Å². The van der Waals surface area contributed by atoms with Crippen LogP contribution in [0.2, 0.25) is 0 Å². The van der Waals surface area contributed by atoms with Gasteiger partial charge in [0.1, 0.15) is 5.75 Å². The van der Waals surface area contributed by atoms with Gasteiger partial charge in [0.05, 0.1) is 6.20 Å². The summed E-state index contributed by atoms with van der Waals surface area (Å²) in [5.74, 6) is 0.516. The van der Waals surface area contributed by atoms with E-state index in [0.717, 1.165) is 6.41 Å². The molecule has 0 saturated carbocycles. The number of piperazine rings is 1. The first-order valence-corrected chi connectivity index (χ1v) is 5.79. The van der Waals surface area contributed by atoms with E-state index >= 15 is 0 Å². The Hall–Kier alpha value is -2.11. The van der Waals surface area contributed by atoms with E-state index in [1.807, 2.05) is 0 Å². The van der Waals surface area contributed by atoms with Gasteiger partial charge in [-0.1, -0.05) is 0 Å². The fourth-order valence-corrected chi connectivity index (χ4v) is 1.75. The molecule has 2 rings (SSSR count). The van der Waals surface area contributed by atoms with Gasteiger partial charge in [0.2, 0.25) is 6.41 Å². The summed E-state index contributed by atoms with van der Waals surface area (Å²) < 4.78 is 5.34. The predicted molar refractivity (Wildman–Crippen MR) is 63.9 cm³/mol. The number of amides is 2. The lowest BCUT2D eigenvalue weighted by Gasteiger charge is -2.32. The summed E-state index contributed by atoms with van der Waals surface area (Å²) in [4.78, 5) is 29.6. The van der Waals surface area contributed by atoms with Gasteiger partial charge in [0.15, 0.2) is 6.61 Å². The summed E-state index contributed by atoms with van der Waals surface area (Å²) in [5, 5.41) is 0. The number of pyridine rings is 1. The monoisotopic (exact) mass is 249 g/mol. The Morgan fingerprint density at radius 1 is 1.39 bits per heavy atom. The first kappa shape index (κ1) is 12.3. The maximum Gasteiger partial charge on any atom is 0.260 e. The van der Waals surface area contributed by atoms with Crippen LogP contribution in [-0.2, 0) is 9.59 Å². The van der Waals surface area contributed by atoms with E-state index in [2.05, 4.69) is 4.98 Å². The third-order valence-electron chi connectivity index (χ3n) is 2.81. The molecule has 0 N–H and O–H groups in total. The molecule has 0 aromatic carbocycles. The molecule has 2 heterocycles. The maximum absolute atomic E-state index is 11.8. The second kappa shape index (κ2) is 6.00. The fourth-order valence-electron chi connectivity index (χ4n) is 1.75. The molecule has 0 spiro atoms. The zero-order valence-electron chi connectivity index (χ0n) is 9.99. The van der Waals surface area contributed by atoms with E-state index in [9.17, 15) is 9.59 Å². The van der Waals surface area contributed by atoms with Gasteiger partial charge in [0.25, 0.3) is 5.91 Å². The lowest BCUT2D eigenvalue weighted by molar-refractivity contribution is -0.137. The molecule has 1 aliphatic rings. The Morgan fingerprint density at radius 2 is 2.17 bits per heavy atom. The molecule has 1 fully saturated rings. The third kappa shape index (κ3) is 3.19. The highest BCUT2D eigenvalue weighted by atomic mass is 16.5. The lowest BCUT2D eigenvalue weighted by Crippen LogP contribution is -2.49. The maximum atomic E-state index is 11.8. The highest BCUT2D eigenvalue weighted by Crippen LogP contribution is 2.07. The number of hydrogen-bond acceptors (Lipinski definition) is 4. The van der Waals surface area contributed by atoms with Gasteiger partial charge < -0.3 is 14.5 Å². The summed E-state index contributed by atoms with van der Waals surface area (Å²) in [5.41, 5.74) is 0. The van der Waals surface area contributed by atoms with Crippen LogP contribution >= 0.6 is 0 Å². The minimum atomic E-state index is -0.0654. The van der Waals surface area contributed by atoms with Crippen LogP contribution in [-0.4, -0.2) is 59.9 Å². The molecule has 0 radical (unpaired) electrons. The van der Waals surface area contributed by atoms with Crippen molar-refractivity contribution in [3.05, 3.63) is 24.5 Å². The number of ether oxygens (including phenoxy) is 1. The number of hydrogen-bond donors (Lipinski definition) is 0. The lowest BCUT2D eigenvalue weighted by atomic mass is 10.3. The molecule has 2 amide bonds. The van der Waals surface area contributed by atoms with Crippen LogP contribution < -0.4 is 4.74 Å². The van der Waals surface area contributed by atoms with Crippen LogP contribution in [0.25, 0.3) is 0 Å². The van der Waals surface area contributed by atoms with E-state index < -0.39 is 0 Å². The van der Waals surface area contributed by atoms with Crippen molar-refractivity contribution in [3.8, 4) is 5.75 Å². The number of rotatable bonds is 4. The molecule has 6 nitrogen and oxygen atoms in total. The molecular formula is C12H15N3O3. The van der Waals surface area contributed by atoms with Crippen molar-refractivity contribution in [2.24, 2.45) is 0 Å². The van der Waals surface area contributed by atoms with Gasteiger partial charge in [0, 0.05) is 32.4 Å². The molecule has 0 unspecified atom stereocenters. The van der Waals surface area contributed by atoms with Crippen molar-refractivity contribution >= 4 is 12.3 Å². The highest BCUT2D eigenvalue weighted by Gasteiger charge is 2.20. The molecule has 0 atom stereocenters. The molecular weight excluding hydrogens is 234 g/mol. The van der Waals surface area contributed by atoms with Crippen molar-refractivity contribution in [1.29, 1.82) is 0 Å². The first-order valence-electron chi connectivity index (χ1n) is 5.79. The Bertz CT molecular complexity index is 402. The van der Waals surface area contributed by atoms with Crippen molar-refractivity contribution < 1.29 is 14.3 Å². The average Bonchev–Trinajstić information content (AvgIpc) is 2.46. The Kier molecular flexibility index (Phi) is 4.11. The Morgan fingerprint density at radius 3 is 2.78 bits per heavy atom. The largest absolute Gasteiger partial charge is 0.482 e. The third-order valence-corrected chi connectivity index (χ3v) is 2.81. The number of carbonyl (C=O) groups is 2. The highest BCUT2D eigenvalue weighted by molar-refractivity contribution is 5.78. The van der Waals surface area contributed by atoms with Crippen LogP contribution in [0.1, 0.15) is 0 Å². The van der Waals surface area contributed by atoms with Crippen molar-refractivity contribution in [2.75, 3.05) is 32.8 Å². The molecule has 0 bridgehead atoms. The standard InChI is InChI=1S/C12H15N3O3/c16-10-14-4-6-15(7-5-14)12(17)9-18-11-2-1-3-13-8-11/h1-3,8,10H,4-7,9H2. The van der Waals surface area contributed by atoms with E-state index in [1.165, 1.54) is 0 Å².